The van der Waals surface area contributed by atoms with Crippen molar-refractivity contribution in [3.8, 4) is 0 Å². The van der Waals surface area contributed by atoms with E-state index in [2.05, 4.69) is 44.7 Å². The molecular formula is C22H29N7O. The Bertz CT molecular complexity index is 920. The number of fused-ring (bicyclic) bond motifs is 1. The molecule has 2 aromatic rings. The molecule has 2 fully saturated rings. The van der Waals surface area contributed by atoms with Crippen molar-refractivity contribution >= 4 is 18.0 Å². The molecule has 5 rings (SSSR count). The van der Waals surface area contributed by atoms with Gasteiger partial charge in [0.1, 0.15) is 5.82 Å². The van der Waals surface area contributed by atoms with Crippen LogP contribution < -0.4 is 15.6 Å². The quantitative estimate of drug-likeness (QED) is 0.577. The molecular weight excluding hydrogens is 378 g/mol. The van der Waals surface area contributed by atoms with E-state index in [0.29, 0.717) is 12.0 Å². The minimum absolute atomic E-state index is 0.561. The van der Waals surface area contributed by atoms with E-state index < -0.39 is 0 Å². The lowest BCUT2D eigenvalue weighted by Gasteiger charge is -2.29. The number of nitrogens with one attached hydrogen (secondary N) is 2. The molecule has 8 heteroatoms. The van der Waals surface area contributed by atoms with E-state index >= 15 is 0 Å². The Morgan fingerprint density at radius 1 is 1.23 bits per heavy atom. The summed E-state index contributed by atoms with van der Waals surface area (Å²) in [6.07, 6.45) is 3.01. The van der Waals surface area contributed by atoms with Crippen LogP contribution in [0.15, 0.2) is 29.4 Å². The Morgan fingerprint density at radius 3 is 2.93 bits per heavy atom. The lowest BCUT2D eigenvalue weighted by molar-refractivity contribution is 0.122. The Morgan fingerprint density at radius 2 is 2.13 bits per heavy atom. The highest BCUT2D eigenvalue weighted by atomic mass is 16.5. The van der Waals surface area contributed by atoms with Gasteiger partial charge in [-0.2, -0.15) is 10.1 Å². The van der Waals surface area contributed by atoms with E-state index in [1.165, 1.54) is 17.5 Å². The van der Waals surface area contributed by atoms with Crippen molar-refractivity contribution in [2.45, 2.75) is 32.5 Å². The standard InChI is InChI=1S/C22H29N7O/c1-16-3-2-4-17(11-16)12-24-27-22-25-20-15-29(18-5-6-23-13-18)14-19(20)21(26-22)28-7-9-30-10-8-28/h2-4,11-12,18,23H,5-10,13-15H2,1H3,(H,25,26,27)/b24-12+/t18-/m0/s1. The van der Waals surface area contributed by atoms with Gasteiger partial charge in [0.2, 0.25) is 5.95 Å². The molecule has 1 atom stereocenters. The van der Waals surface area contributed by atoms with Crippen LogP contribution in [0.1, 0.15) is 28.8 Å². The molecule has 3 aliphatic rings. The van der Waals surface area contributed by atoms with E-state index in [-0.39, 0.29) is 0 Å². The third-order valence-corrected chi connectivity index (χ3v) is 6.07. The maximum atomic E-state index is 5.55. The third kappa shape index (κ3) is 4.16. The first-order chi connectivity index (χ1) is 14.8. The first-order valence-corrected chi connectivity index (χ1v) is 10.8. The molecule has 0 unspecified atom stereocenters. The predicted octanol–water partition coefficient (Wildman–Crippen LogP) is 1.75. The summed E-state index contributed by atoms with van der Waals surface area (Å²) in [6, 6.07) is 8.82. The van der Waals surface area contributed by atoms with Crippen LogP contribution in [-0.4, -0.2) is 66.5 Å². The molecule has 1 aromatic carbocycles. The highest BCUT2D eigenvalue weighted by Crippen LogP contribution is 2.32. The Kier molecular flexibility index (Phi) is 5.61. The maximum Gasteiger partial charge on any atom is 0.245 e. The zero-order valence-electron chi connectivity index (χ0n) is 17.5. The average Bonchev–Trinajstić information content (AvgIpc) is 3.44. The summed E-state index contributed by atoms with van der Waals surface area (Å²) in [5, 5.41) is 7.87. The van der Waals surface area contributed by atoms with Crippen LogP contribution in [0.25, 0.3) is 0 Å². The van der Waals surface area contributed by atoms with Gasteiger partial charge >= 0.3 is 0 Å². The molecule has 0 radical (unpaired) electrons. The lowest BCUT2D eigenvalue weighted by Crippen LogP contribution is -2.38. The summed E-state index contributed by atoms with van der Waals surface area (Å²) in [6.45, 7) is 9.22. The molecule has 0 spiro atoms. The molecule has 2 N–H and O–H groups in total. The van der Waals surface area contributed by atoms with E-state index in [1.807, 2.05) is 18.3 Å². The van der Waals surface area contributed by atoms with Crippen LogP contribution in [0.5, 0.6) is 0 Å². The Hall–Kier alpha value is -2.55. The van der Waals surface area contributed by atoms with Crippen LogP contribution in [0.3, 0.4) is 0 Å². The summed E-state index contributed by atoms with van der Waals surface area (Å²) in [4.78, 5) is 14.6. The average molecular weight is 408 g/mol. The second kappa shape index (κ2) is 8.67. The second-order valence-electron chi connectivity index (χ2n) is 8.23. The van der Waals surface area contributed by atoms with Crippen molar-refractivity contribution in [1.29, 1.82) is 0 Å². The minimum Gasteiger partial charge on any atom is -0.378 e. The maximum absolute atomic E-state index is 5.55. The zero-order valence-corrected chi connectivity index (χ0v) is 17.5. The molecule has 8 nitrogen and oxygen atoms in total. The molecule has 0 saturated carbocycles. The van der Waals surface area contributed by atoms with Gasteiger partial charge in [0.05, 0.1) is 25.1 Å². The number of aryl methyl sites for hydroxylation is 1. The SMILES string of the molecule is Cc1cccc(/C=N/Nc2nc3c(c(N4CCOCC4)n2)CN([C@H]2CCNC2)C3)c1. The normalized spacial score (nSPS) is 22.0. The number of hydrogen-bond donors (Lipinski definition) is 2. The van der Waals surface area contributed by atoms with Gasteiger partial charge in [-0.15, -0.1) is 0 Å². The van der Waals surface area contributed by atoms with E-state index in [4.69, 9.17) is 14.7 Å². The smallest absolute Gasteiger partial charge is 0.245 e. The van der Waals surface area contributed by atoms with Crippen molar-refractivity contribution in [3.63, 3.8) is 0 Å². The van der Waals surface area contributed by atoms with Crippen molar-refractivity contribution in [2.75, 3.05) is 49.7 Å². The fourth-order valence-corrected chi connectivity index (χ4v) is 4.47. The lowest BCUT2D eigenvalue weighted by atomic mass is 10.2. The molecule has 2 saturated heterocycles. The fourth-order valence-electron chi connectivity index (χ4n) is 4.47. The number of ether oxygens (including phenoxy) is 1. The summed E-state index contributed by atoms with van der Waals surface area (Å²) >= 11 is 0. The van der Waals surface area contributed by atoms with Gasteiger partial charge in [-0.25, -0.2) is 10.4 Å². The second-order valence-corrected chi connectivity index (χ2v) is 8.23. The number of hydrazone groups is 1. The highest BCUT2D eigenvalue weighted by molar-refractivity contribution is 5.80. The van der Waals surface area contributed by atoms with Crippen LogP contribution in [0.2, 0.25) is 0 Å². The van der Waals surface area contributed by atoms with E-state index in [0.717, 1.165) is 69.6 Å². The molecule has 158 valence electrons. The topological polar surface area (TPSA) is 77.9 Å². The minimum atomic E-state index is 0.561. The van der Waals surface area contributed by atoms with Crippen molar-refractivity contribution in [3.05, 3.63) is 46.6 Å². The Labute approximate surface area is 177 Å². The van der Waals surface area contributed by atoms with Gasteiger partial charge in [-0.05, 0) is 25.5 Å². The number of aromatic nitrogens is 2. The Balaban J connectivity index is 1.39. The molecule has 0 aliphatic carbocycles. The number of benzene rings is 1. The highest BCUT2D eigenvalue weighted by Gasteiger charge is 2.33. The van der Waals surface area contributed by atoms with Gasteiger partial charge in [0.15, 0.2) is 0 Å². The summed E-state index contributed by atoms with van der Waals surface area (Å²) in [5.41, 5.74) is 7.71. The number of rotatable bonds is 5. The number of anilines is 2. The predicted molar refractivity (Wildman–Crippen MR) is 118 cm³/mol. The van der Waals surface area contributed by atoms with Crippen LogP contribution in [-0.2, 0) is 17.8 Å². The van der Waals surface area contributed by atoms with Crippen LogP contribution in [0.4, 0.5) is 11.8 Å². The third-order valence-electron chi connectivity index (χ3n) is 6.07. The molecule has 1 aromatic heterocycles. The van der Waals surface area contributed by atoms with Gasteiger partial charge in [-0.3, -0.25) is 4.90 Å². The number of nitrogens with zero attached hydrogens (tertiary/aromatic N) is 5. The molecule has 0 bridgehead atoms. The van der Waals surface area contributed by atoms with Crippen molar-refractivity contribution in [2.24, 2.45) is 5.10 Å². The van der Waals surface area contributed by atoms with Crippen molar-refractivity contribution in [1.82, 2.24) is 20.2 Å². The summed E-state index contributed by atoms with van der Waals surface area (Å²) < 4.78 is 5.55. The van der Waals surface area contributed by atoms with Gasteiger partial charge in [0.25, 0.3) is 0 Å². The van der Waals surface area contributed by atoms with E-state index in [1.54, 1.807) is 0 Å². The largest absolute Gasteiger partial charge is 0.378 e. The van der Waals surface area contributed by atoms with Gasteiger partial charge in [0, 0.05) is 44.3 Å². The summed E-state index contributed by atoms with van der Waals surface area (Å²) in [5.74, 6) is 1.59. The summed E-state index contributed by atoms with van der Waals surface area (Å²) in [7, 11) is 0. The van der Waals surface area contributed by atoms with E-state index in [9.17, 15) is 0 Å². The first kappa shape index (κ1) is 19.4. The monoisotopic (exact) mass is 407 g/mol. The fraction of sp³-hybridized carbons (Fsp3) is 0.500. The zero-order chi connectivity index (χ0) is 20.3. The molecule has 4 heterocycles. The van der Waals surface area contributed by atoms with Gasteiger partial charge < -0.3 is 15.0 Å². The first-order valence-electron chi connectivity index (χ1n) is 10.8. The van der Waals surface area contributed by atoms with Crippen LogP contribution in [0, 0.1) is 6.92 Å². The number of hydrogen-bond acceptors (Lipinski definition) is 8. The molecule has 0 amide bonds. The van der Waals surface area contributed by atoms with Crippen LogP contribution >= 0.6 is 0 Å². The van der Waals surface area contributed by atoms with Crippen molar-refractivity contribution < 1.29 is 4.74 Å². The van der Waals surface area contributed by atoms with Gasteiger partial charge in [-0.1, -0.05) is 29.8 Å². The number of morpholine rings is 1. The molecule has 30 heavy (non-hydrogen) atoms. The molecule has 3 aliphatic heterocycles.